The summed E-state index contributed by atoms with van der Waals surface area (Å²) in [7, 11) is 1.67. The number of aldehydes is 1. The van der Waals surface area contributed by atoms with Crippen molar-refractivity contribution in [1.29, 1.82) is 0 Å². The lowest BCUT2D eigenvalue weighted by atomic mass is 9.85. The maximum absolute atomic E-state index is 13.2. The zero-order valence-corrected chi connectivity index (χ0v) is 22.5. The number of halogens is 1. The zero-order chi connectivity index (χ0) is 27.3. The normalized spacial score (nSPS) is 15.1. The minimum atomic E-state index is -1.04. The second-order valence-corrected chi connectivity index (χ2v) is 10.1. The van der Waals surface area contributed by atoms with Crippen LogP contribution in [0.4, 0.5) is 10.5 Å². The van der Waals surface area contributed by atoms with Crippen molar-refractivity contribution in [1.82, 2.24) is 10.6 Å². The highest BCUT2D eigenvalue weighted by Crippen LogP contribution is 2.28. The molecular formula is C29H36ClN3O5. The van der Waals surface area contributed by atoms with E-state index in [0.717, 1.165) is 43.4 Å². The molecule has 1 aliphatic carbocycles. The molecule has 204 valence electrons. The third-order valence-electron chi connectivity index (χ3n) is 6.82. The Morgan fingerprint density at radius 2 is 1.82 bits per heavy atom. The standard InChI is InChI=1S/C29H36ClN3O5/c1-33(25-13-6-3-7-14-25)27(35)16-15-24(20-34)32-28(36)26(18-21-9-4-2-5-10-21)38-29(37)31-19-22-11-8-12-23(30)17-22/h3,6-8,11-14,17,20-21,24,26H,2,4-5,9-10,15-16,18-19H2,1H3,(H,31,37)(H,32,36)/t24-,26-/m0/s1. The van der Waals surface area contributed by atoms with Gasteiger partial charge in [0.25, 0.3) is 5.91 Å². The molecule has 0 bridgehead atoms. The average molecular weight is 542 g/mol. The molecule has 1 saturated carbocycles. The smallest absolute Gasteiger partial charge is 0.408 e. The van der Waals surface area contributed by atoms with E-state index in [1.807, 2.05) is 36.4 Å². The van der Waals surface area contributed by atoms with Crippen LogP contribution in [0.1, 0.15) is 56.9 Å². The maximum Gasteiger partial charge on any atom is 0.408 e. The second kappa shape index (κ2) is 15.1. The Morgan fingerprint density at radius 3 is 2.50 bits per heavy atom. The van der Waals surface area contributed by atoms with Crippen LogP contribution in [-0.2, 0) is 25.7 Å². The van der Waals surface area contributed by atoms with Crippen LogP contribution in [0.5, 0.6) is 0 Å². The number of amides is 3. The van der Waals surface area contributed by atoms with Crippen LogP contribution in [0.3, 0.4) is 0 Å². The summed E-state index contributed by atoms with van der Waals surface area (Å²) in [6.45, 7) is 0.200. The first-order chi connectivity index (χ1) is 18.4. The van der Waals surface area contributed by atoms with Crippen molar-refractivity contribution in [2.45, 2.75) is 70.1 Å². The summed E-state index contributed by atoms with van der Waals surface area (Å²) in [5, 5.41) is 5.90. The molecule has 2 aromatic rings. The quantitative estimate of drug-likeness (QED) is 0.367. The summed E-state index contributed by atoms with van der Waals surface area (Å²) in [6.07, 6.45) is 4.71. The van der Waals surface area contributed by atoms with Gasteiger partial charge in [-0.1, -0.05) is 74.0 Å². The van der Waals surface area contributed by atoms with Gasteiger partial charge in [-0.25, -0.2) is 4.79 Å². The summed E-state index contributed by atoms with van der Waals surface area (Å²) < 4.78 is 5.55. The fourth-order valence-corrected chi connectivity index (χ4v) is 4.83. The first kappa shape index (κ1) is 29.2. The molecule has 1 fully saturated rings. The summed E-state index contributed by atoms with van der Waals surface area (Å²) in [5.41, 5.74) is 1.54. The van der Waals surface area contributed by atoms with Crippen LogP contribution in [0.15, 0.2) is 54.6 Å². The topological polar surface area (TPSA) is 105 Å². The van der Waals surface area contributed by atoms with Crippen LogP contribution in [0.25, 0.3) is 0 Å². The van der Waals surface area contributed by atoms with E-state index in [0.29, 0.717) is 17.7 Å². The van der Waals surface area contributed by atoms with Gasteiger partial charge in [-0.15, -0.1) is 0 Å². The first-order valence-electron chi connectivity index (χ1n) is 13.1. The van der Waals surface area contributed by atoms with Gasteiger partial charge in [0.2, 0.25) is 5.91 Å². The minimum absolute atomic E-state index is 0.0728. The van der Waals surface area contributed by atoms with Crippen LogP contribution in [0.2, 0.25) is 5.02 Å². The highest BCUT2D eigenvalue weighted by atomic mass is 35.5. The fourth-order valence-electron chi connectivity index (χ4n) is 4.62. The van der Waals surface area contributed by atoms with Gasteiger partial charge in [0.1, 0.15) is 6.29 Å². The number of hydrogen-bond donors (Lipinski definition) is 2. The van der Waals surface area contributed by atoms with E-state index in [1.54, 1.807) is 25.2 Å². The van der Waals surface area contributed by atoms with E-state index in [-0.39, 0.29) is 31.2 Å². The predicted octanol–water partition coefficient (Wildman–Crippen LogP) is 5.03. The Kier molecular flexibility index (Phi) is 11.6. The molecule has 0 aliphatic heterocycles. The molecule has 0 heterocycles. The number of rotatable bonds is 12. The molecule has 0 radical (unpaired) electrons. The molecule has 3 amide bonds. The molecular weight excluding hydrogens is 506 g/mol. The molecule has 2 N–H and O–H groups in total. The van der Waals surface area contributed by atoms with Gasteiger partial charge in [0.15, 0.2) is 6.10 Å². The number of nitrogens with one attached hydrogen (secondary N) is 2. The van der Waals surface area contributed by atoms with Crippen molar-refractivity contribution >= 4 is 41.5 Å². The Balaban J connectivity index is 1.56. The highest BCUT2D eigenvalue weighted by Gasteiger charge is 2.29. The van der Waals surface area contributed by atoms with Gasteiger partial charge in [0.05, 0.1) is 6.04 Å². The van der Waals surface area contributed by atoms with Crippen molar-refractivity contribution in [3.63, 3.8) is 0 Å². The zero-order valence-electron chi connectivity index (χ0n) is 21.7. The summed E-state index contributed by atoms with van der Waals surface area (Å²) in [6, 6.07) is 15.4. The number of benzene rings is 2. The molecule has 2 aromatic carbocycles. The molecule has 8 nitrogen and oxygen atoms in total. The summed E-state index contributed by atoms with van der Waals surface area (Å²) in [5.74, 6) is -0.446. The van der Waals surface area contributed by atoms with Crippen molar-refractivity contribution < 1.29 is 23.9 Å². The lowest BCUT2D eigenvalue weighted by Crippen LogP contribution is -2.46. The lowest BCUT2D eigenvalue weighted by molar-refractivity contribution is -0.133. The number of para-hydroxylation sites is 1. The average Bonchev–Trinajstić information content (AvgIpc) is 2.94. The number of nitrogens with zero attached hydrogens (tertiary/aromatic N) is 1. The lowest BCUT2D eigenvalue weighted by Gasteiger charge is -2.27. The fraction of sp³-hybridized carbons (Fsp3) is 0.448. The molecule has 38 heavy (non-hydrogen) atoms. The van der Waals surface area contributed by atoms with Crippen molar-refractivity contribution in [3.8, 4) is 0 Å². The van der Waals surface area contributed by atoms with E-state index in [4.69, 9.17) is 16.3 Å². The van der Waals surface area contributed by atoms with E-state index in [2.05, 4.69) is 10.6 Å². The van der Waals surface area contributed by atoms with E-state index < -0.39 is 24.1 Å². The largest absolute Gasteiger partial charge is 0.436 e. The van der Waals surface area contributed by atoms with Gasteiger partial charge in [-0.2, -0.15) is 0 Å². The number of hydrogen-bond acceptors (Lipinski definition) is 5. The van der Waals surface area contributed by atoms with Crippen molar-refractivity contribution in [2.24, 2.45) is 5.92 Å². The van der Waals surface area contributed by atoms with Crippen molar-refractivity contribution in [3.05, 3.63) is 65.2 Å². The second-order valence-electron chi connectivity index (χ2n) is 9.70. The number of anilines is 1. The minimum Gasteiger partial charge on any atom is -0.436 e. The van der Waals surface area contributed by atoms with Gasteiger partial charge in [-0.05, 0) is 48.6 Å². The van der Waals surface area contributed by atoms with Crippen LogP contribution >= 0.6 is 11.6 Å². The molecule has 0 aromatic heterocycles. The highest BCUT2D eigenvalue weighted by molar-refractivity contribution is 6.30. The van der Waals surface area contributed by atoms with Crippen LogP contribution < -0.4 is 15.5 Å². The Hall–Kier alpha value is -3.39. The number of alkyl carbamates (subject to hydrolysis) is 1. The molecule has 0 saturated heterocycles. The molecule has 9 heteroatoms. The summed E-state index contributed by atoms with van der Waals surface area (Å²) >= 11 is 6.00. The SMILES string of the molecule is CN(C(=O)CC[C@@H](C=O)NC(=O)[C@H](CC1CCCCC1)OC(=O)NCc1cccc(Cl)c1)c1ccccc1. The van der Waals surface area contributed by atoms with Crippen molar-refractivity contribution in [2.75, 3.05) is 11.9 Å². The molecule has 2 atom stereocenters. The van der Waals surface area contributed by atoms with Crippen LogP contribution in [0, 0.1) is 5.92 Å². The van der Waals surface area contributed by atoms with Gasteiger partial charge >= 0.3 is 6.09 Å². The monoisotopic (exact) mass is 541 g/mol. The third kappa shape index (κ3) is 9.49. The Morgan fingerprint density at radius 1 is 1.08 bits per heavy atom. The Bertz CT molecular complexity index is 1070. The molecule has 0 unspecified atom stereocenters. The maximum atomic E-state index is 13.2. The summed E-state index contributed by atoms with van der Waals surface area (Å²) in [4.78, 5) is 51.6. The van der Waals surface area contributed by atoms with E-state index in [9.17, 15) is 19.2 Å². The van der Waals surface area contributed by atoms with Gasteiger partial charge in [0, 0.05) is 30.7 Å². The third-order valence-corrected chi connectivity index (χ3v) is 7.05. The number of ether oxygens (including phenoxy) is 1. The number of carbonyl (C=O) groups excluding carboxylic acids is 4. The predicted molar refractivity (Wildman–Crippen MR) is 147 cm³/mol. The van der Waals surface area contributed by atoms with E-state index >= 15 is 0 Å². The van der Waals surface area contributed by atoms with Gasteiger partial charge < -0.3 is 25.1 Å². The molecule has 1 aliphatic rings. The number of carbonyl (C=O) groups is 4. The first-order valence-corrected chi connectivity index (χ1v) is 13.5. The molecule has 0 spiro atoms. The molecule has 3 rings (SSSR count). The van der Waals surface area contributed by atoms with Crippen LogP contribution in [-0.4, -0.2) is 43.4 Å². The Labute approximate surface area is 229 Å². The van der Waals surface area contributed by atoms with Gasteiger partial charge in [-0.3, -0.25) is 9.59 Å². The van der Waals surface area contributed by atoms with E-state index in [1.165, 1.54) is 4.90 Å².